The van der Waals surface area contributed by atoms with Crippen LogP contribution in [-0.4, -0.2) is 26.0 Å². The third-order valence-corrected chi connectivity index (χ3v) is 3.86. The maximum atomic E-state index is 11.6. The molecular formula is C15H15N3O2. The molecule has 0 bridgehead atoms. The van der Waals surface area contributed by atoms with Gasteiger partial charge in [-0.25, -0.2) is 9.97 Å². The Kier molecular flexibility index (Phi) is 2.97. The Balaban J connectivity index is 2.10. The second-order valence-corrected chi connectivity index (χ2v) is 5.20. The lowest BCUT2D eigenvalue weighted by Crippen LogP contribution is -2.44. The van der Waals surface area contributed by atoms with Gasteiger partial charge in [0.1, 0.15) is 11.2 Å². The van der Waals surface area contributed by atoms with E-state index in [2.05, 4.69) is 15.0 Å². The predicted molar refractivity (Wildman–Crippen MR) is 73.2 cm³/mol. The standard InChI is InChI=1S/C15H15N3O2/c1-10-8-12(11-4-2-7-16-9-11)18-13(17-10)15(14(19)20)5-3-6-15/h2,4,7-9H,3,5-6H2,1H3,(H,19,20). The van der Waals surface area contributed by atoms with Gasteiger partial charge in [0.05, 0.1) is 5.69 Å². The number of carboxylic acid groups (broad SMARTS) is 1. The average Bonchev–Trinajstić information content (AvgIpc) is 2.37. The van der Waals surface area contributed by atoms with Gasteiger partial charge < -0.3 is 5.11 Å². The summed E-state index contributed by atoms with van der Waals surface area (Å²) in [4.78, 5) is 24.5. The molecule has 0 aromatic carbocycles. The van der Waals surface area contributed by atoms with Crippen LogP contribution in [0.4, 0.5) is 0 Å². The molecule has 0 aliphatic heterocycles. The van der Waals surface area contributed by atoms with Gasteiger partial charge in [-0.05, 0) is 38.0 Å². The second-order valence-electron chi connectivity index (χ2n) is 5.20. The maximum Gasteiger partial charge on any atom is 0.317 e. The number of rotatable bonds is 3. The Morgan fingerprint density at radius 1 is 1.35 bits per heavy atom. The molecule has 5 heteroatoms. The molecule has 0 unspecified atom stereocenters. The summed E-state index contributed by atoms with van der Waals surface area (Å²) >= 11 is 0. The Bertz CT molecular complexity index is 651. The first-order valence-electron chi connectivity index (χ1n) is 6.62. The highest BCUT2D eigenvalue weighted by Crippen LogP contribution is 2.42. The summed E-state index contributed by atoms with van der Waals surface area (Å²) in [5, 5.41) is 9.50. The van der Waals surface area contributed by atoms with Gasteiger partial charge in [-0.3, -0.25) is 9.78 Å². The average molecular weight is 269 g/mol. The summed E-state index contributed by atoms with van der Waals surface area (Å²) in [6.07, 6.45) is 5.55. The van der Waals surface area contributed by atoms with Gasteiger partial charge in [-0.2, -0.15) is 0 Å². The minimum Gasteiger partial charge on any atom is -0.480 e. The summed E-state index contributed by atoms with van der Waals surface area (Å²) in [6.45, 7) is 1.86. The molecule has 2 aromatic rings. The first-order chi connectivity index (χ1) is 9.62. The van der Waals surface area contributed by atoms with Crippen molar-refractivity contribution in [2.45, 2.75) is 31.6 Å². The number of aromatic nitrogens is 3. The zero-order valence-electron chi connectivity index (χ0n) is 11.2. The lowest BCUT2D eigenvalue weighted by molar-refractivity contribution is -0.147. The zero-order valence-corrected chi connectivity index (χ0v) is 11.2. The van der Waals surface area contributed by atoms with E-state index in [9.17, 15) is 9.90 Å². The van der Waals surface area contributed by atoms with Crippen LogP contribution in [0.15, 0.2) is 30.6 Å². The fourth-order valence-corrected chi connectivity index (χ4v) is 2.51. The Hall–Kier alpha value is -2.30. The van der Waals surface area contributed by atoms with E-state index in [1.54, 1.807) is 12.4 Å². The molecule has 0 amide bonds. The van der Waals surface area contributed by atoms with Crippen LogP contribution >= 0.6 is 0 Å². The van der Waals surface area contributed by atoms with Gasteiger partial charge in [0, 0.05) is 23.7 Å². The molecule has 0 radical (unpaired) electrons. The molecular weight excluding hydrogens is 254 g/mol. The summed E-state index contributed by atoms with van der Waals surface area (Å²) in [5.41, 5.74) is 1.48. The maximum absolute atomic E-state index is 11.6. The third-order valence-electron chi connectivity index (χ3n) is 3.86. The van der Waals surface area contributed by atoms with Crippen LogP contribution in [0.5, 0.6) is 0 Å². The van der Waals surface area contributed by atoms with Gasteiger partial charge in [-0.1, -0.05) is 6.42 Å². The van der Waals surface area contributed by atoms with E-state index in [0.717, 1.165) is 23.4 Å². The van der Waals surface area contributed by atoms with Crippen LogP contribution < -0.4 is 0 Å². The molecule has 1 aliphatic carbocycles. The molecule has 0 saturated heterocycles. The Morgan fingerprint density at radius 2 is 2.15 bits per heavy atom. The summed E-state index contributed by atoms with van der Waals surface area (Å²) in [7, 11) is 0. The Labute approximate surface area is 116 Å². The molecule has 102 valence electrons. The molecule has 1 fully saturated rings. The fraction of sp³-hybridized carbons (Fsp3) is 0.333. The van der Waals surface area contributed by atoms with Crippen LogP contribution in [0.1, 0.15) is 30.8 Å². The van der Waals surface area contributed by atoms with Gasteiger partial charge >= 0.3 is 5.97 Å². The topological polar surface area (TPSA) is 76.0 Å². The number of nitrogens with zero attached hydrogens (tertiary/aromatic N) is 3. The number of aryl methyl sites for hydroxylation is 1. The highest BCUT2D eigenvalue weighted by molar-refractivity contribution is 5.81. The van der Waals surface area contributed by atoms with E-state index in [0.29, 0.717) is 18.7 Å². The van der Waals surface area contributed by atoms with Crippen LogP contribution in [0.3, 0.4) is 0 Å². The number of pyridine rings is 1. The van der Waals surface area contributed by atoms with Crippen LogP contribution in [0.2, 0.25) is 0 Å². The largest absolute Gasteiger partial charge is 0.480 e. The van der Waals surface area contributed by atoms with E-state index in [1.807, 2.05) is 25.1 Å². The smallest absolute Gasteiger partial charge is 0.317 e. The minimum absolute atomic E-state index is 0.426. The lowest BCUT2D eigenvalue weighted by atomic mass is 9.68. The molecule has 1 N–H and O–H groups in total. The van der Waals surface area contributed by atoms with E-state index in [1.165, 1.54) is 0 Å². The van der Waals surface area contributed by atoms with Crippen molar-refractivity contribution in [2.24, 2.45) is 0 Å². The second kappa shape index (κ2) is 4.67. The van der Waals surface area contributed by atoms with E-state index in [4.69, 9.17) is 0 Å². The van der Waals surface area contributed by atoms with Crippen molar-refractivity contribution in [1.29, 1.82) is 0 Å². The molecule has 1 saturated carbocycles. The molecule has 3 rings (SSSR count). The van der Waals surface area contributed by atoms with E-state index >= 15 is 0 Å². The van der Waals surface area contributed by atoms with Gasteiger partial charge in [0.25, 0.3) is 0 Å². The molecule has 5 nitrogen and oxygen atoms in total. The van der Waals surface area contributed by atoms with Gasteiger partial charge in [0.2, 0.25) is 0 Å². The Morgan fingerprint density at radius 3 is 2.70 bits per heavy atom. The van der Waals surface area contributed by atoms with Crippen LogP contribution in [0, 0.1) is 6.92 Å². The minimum atomic E-state index is -0.900. The summed E-state index contributed by atoms with van der Waals surface area (Å²) < 4.78 is 0. The normalized spacial score (nSPS) is 16.4. The van der Waals surface area contributed by atoms with Crippen LogP contribution in [0.25, 0.3) is 11.3 Å². The zero-order chi connectivity index (χ0) is 14.2. The van der Waals surface area contributed by atoms with Crippen molar-refractivity contribution in [3.05, 3.63) is 42.1 Å². The molecule has 0 spiro atoms. The highest BCUT2D eigenvalue weighted by Gasteiger charge is 2.48. The van der Waals surface area contributed by atoms with Crippen molar-refractivity contribution in [3.8, 4) is 11.3 Å². The first-order valence-corrected chi connectivity index (χ1v) is 6.62. The number of hydrogen-bond acceptors (Lipinski definition) is 4. The number of carboxylic acids is 1. The van der Waals surface area contributed by atoms with Crippen molar-refractivity contribution < 1.29 is 9.90 Å². The summed E-state index contributed by atoms with van der Waals surface area (Å²) in [5.74, 6) is -0.401. The molecule has 2 aromatic heterocycles. The van der Waals surface area contributed by atoms with Crippen molar-refractivity contribution in [3.63, 3.8) is 0 Å². The highest BCUT2D eigenvalue weighted by atomic mass is 16.4. The quantitative estimate of drug-likeness (QED) is 0.925. The van der Waals surface area contributed by atoms with Crippen molar-refractivity contribution >= 4 is 5.97 Å². The number of hydrogen-bond donors (Lipinski definition) is 1. The first kappa shape index (κ1) is 12.7. The van der Waals surface area contributed by atoms with E-state index in [-0.39, 0.29) is 0 Å². The van der Waals surface area contributed by atoms with Crippen molar-refractivity contribution in [1.82, 2.24) is 15.0 Å². The molecule has 1 aliphatic rings. The third kappa shape index (κ3) is 1.95. The SMILES string of the molecule is Cc1cc(-c2cccnc2)nc(C2(C(=O)O)CCC2)n1. The monoisotopic (exact) mass is 269 g/mol. The summed E-state index contributed by atoms with van der Waals surface area (Å²) in [6, 6.07) is 5.60. The van der Waals surface area contributed by atoms with Crippen LogP contribution in [-0.2, 0) is 10.2 Å². The molecule has 20 heavy (non-hydrogen) atoms. The van der Waals surface area contributed by atoms with Crippen molar-refractivity contribution in [2.75, 3.05) is 0 Å². The lowest BCUT2D eigenvalue weighted by Gasteiger charge is -2.36. The van der Waals surface area contributed by atoms with E-state index < -0.39 is 11.4 Å². The number of carbonyl (C=O) groups is 1. The number of aliphatic carboxylic acids is 1. The molecule has 0 atom stereocenters. The fourth-order valence-electron chi connectivity index (χ4n) is 2.51. The molecule has 2 heterocycles. The predicted octanol–water partition coefficient (Wildman–Crippen LogP) is 2.35. The van der Waals surface area contributed by atoms with Gasteiger partial charge in [0.15, 0.2) is 0 Å². The van der Waals surface area contributed by atoms with Gasteiger partial charge in [-0.15, -0.1) is 0 Å².